The van der Waals surface area contributed by atoms with E-state index in [0.29, 0.717) is 19.8 Å². The summed E-state index contributed by atoms with van der Waals surface area (Å²) >= 11 is 3.52. The highest BCUT2D eigenvalue weighted by atomic mass is 79.9. The van der Waals surface area contributed by atoms with Gasteiger partial charge >= 0.3 is 0 Å². The first-order valence-electron chi connectivity index (χ1n) is 7.36. The molecule has 0 heterocycles. The summed E-state index contributed by atoms with van der Waals surface area (Å²) in [6.45, 7) is 7.66. The number of ether oxygens (including phenoxy) is 3. The summed E-state index contributed by atoms with van der Waals surface area (Å²) in [5, 5.41) is 0. The largest absolute Gasteiger partial charge is 0.490 e. The first-order valence-corrected chi connectivity index (χ1v) is 8.15. The summed E-state index contributed by atoms with van der Waals surface area (Å²) in [6.07, 6.45) is 0. The normalized spacial score (nSPS) is 10.4. The zero-order valence-corrected chi connectivity index (χ0v) is 14.8. The van der Waals surface area contributed by atoms with Crippen LogP contribution in [-0.4, -0.2) is 19.8 Å². The number of para-hydroxylation sites is 2. The minimum Gasteiger partial charge on any atom is -0.490 e. The van der Waals surface area contributed by atoms with Gasteiger partial charge in [0.1, 0.15) is 19.0 Å². The highest BCUT2D eigenvalue weighted by Gasteiger charge is 2.06. The highest BCUT2D eigenvalue weighted by molar-refractivity contribution is 9.10. The van der Waals surface area contributed by atoms with E-state index in [1.165, 1.54) is 11.1 Å². The van der Waals surface area contributed by atoms with Crippen molar-refractivity contribution in [2.75, 3.05) is 19.8 Å². The molecule has 0 atom stereocenters. The molecule has 2 aromatic rings. The number of aryl methyl sites for hydroxylation is 2. The minimum absolute atomic E-state index is 0.462. The average Bonchev–Trinajstić information content (AvgIpc) is 2.50. The fourth-order valence-corrected chi connectivity index (χ4v) is 2.58. The molecule has 0 aliphatic rings. The lowest BCUT2D eigenvalue weighted by Crippen LogP contribution is -2.10. The van der Waals surface area contributed by atoms with Crippen molar-refractivity contribution < 1.29 is 14.2 Å². The predicted molar refractivity (Wildman–Crippen MR) is 92.2 cm³/mol. The molecule has 118 valence electrons. The first kappa shape index (κ1) is 16.7. The van der Waals surface area contributed by atoms with Gasteiger partial charge in [-0.3, -0.25) is 0 Å². The van der Waals surface area contributed by atoms with Gasteiger partial charge in [0.05, 0.1) is 11.1 Å². The standard InChI is InChI=1S/C18H21BrO3/c1-4-20-16-7-5-6-8-17(16)21-9-10-22-18-12-14(3)13(2)11-15(18)19/h5-8,11-12H,4,9-10H2,1-3H3. The molecule has 0 bridgehead atoms. The third-order valence-electron chi connectivity index (χ3n) is 3.30. The number of hydrogen-bond acceptors (Lipinski definition) is 3. The van der Waals surface area contributed by atoms with Crippen molar-refractivity contribution in [2.24, 2.45) is 0 Å². The molecular weight excluding hydrogens is 344 g/mol. The molecule has 4 heteroatoms. The molecule has 0 N–H and O–H groups in total. The van der Waals surface area contributed by atoms with E-state index in [0.717, 1.165) is 21.7 Å². The molecule has 0 saturated heterocycles. The zero-order valence-electron chi connectivity index (χ0n) is 13.2. The van der Waals surface area contributed by atoms with Crippen LogP contribution in [0.4, 0.5) is 0 Å². The van der Waals surface area contributed by atoms with E-state index in [2.05, 4.69) is 35.8 Å². The van der Waals surface area contributed by atoms with Gasteiger partial charge < -0.3 is 14.2 Å². The van der Waals surface area contributed by atoms with Crippen LogP contribution in [-0.2, 0) is 0 Å². The molecule has 2 rings (SSSR count). The van der Waals surface area contributed by atoms with Crippen LogP contribution in [0.15, 0.2) is 40.9 Å². The summed E-state index contributed by atoms with van der Waals surface area (Å²) in [7, 11) is 0. The minimum atomic E-state index is 0.462. The fraction of sp³-hybridized carbons (Fsp3) is 0.333. The van der Waals surface area contributed by atoms with Crippen molar-refractivity contribution in [2.45, 2.75) is 20.8 Å². The van der Waals surface area contributed by atoms with E-state index in [-0.39, 0.29) is 0 Å². The van der Waals surface area contributed by atoms with Gasteiger partial charge in [-0.15, -0.1) is 0 Å². The Morgan fingerprint density at radius 1 is 0.818 bits per heavy atom. The summed E-state index contributed by atoms with van der Waals surface area (Å²) in [5.74, 6) is 2.34. The quantitative estimate of drug-likeness (QED) is 0.652. The lowest BCUT2D eigenvalue weighted by atomic mass is 10.1. The Morgan fingerprint density at radius 2 is 1.36 bits per heavy atom. The Hall–Kier alpha value is -1.68. The van der Waals surface area contributed by atoms with Crippen LogP contribution in [0, 0.1) is 13.8 Å². The van der Waals surface area contributed by atoms with Gasteiger partial charge in [0, 0.05) is 0 Å². The van der Waals surface area contributed by atoms with Gasteiger partial charge in [-0.05, 0) is 72.1 Å². The second-order valence-electron chi connectivity index (χ2n) is 4.94. The lowest BCUT2D eigenvalue weighted by molar-refractivity contribution is 0.207. The molecule has 0 unspecified atom stereocenters. The van der Waals surface area contributed by atoms with Crippen molar-refractivity contribution in [3.63, 3.8) is 0 Å². The molecule has 22 heavy (non-hydrogen) atoms. The third-order valence-corrected chi connectivity index (χ3v) is 3.92. The predicted octanol–water partition coefficient (Wildman–Crippen LogP) is 4.92. The maximum atomic E-state index is 5.78. The van der Waals surface area contributed by atoms with Crippen LogP contribution < -0.4 is 14.2 Å². The smallest absolute Gasteiger partial charge is 0.161 e. The van der Waals surface area contributed by atoms with Crippen molar-refractivity contribution in [1.29, 1.82) is 0 Å². The third kappa shape index (κ3) is 4.41. The maximum Gasteiger partial charge on any atom is 0.161 e. The molecule has 0 fully saturated rings. The van der Waals surface area contributed by atoms with Crippen LogP contribution in [0.3, 0.4) is 0 Å². The number of benzene rings is 2. The number of halogens is 1. The summed E-state index contributed by atoms with van der Waals surface area (Å²) in [6, 6.07) is 11.8. The molecule has 0 aliphatic carbocycles. The Balaban J connectivity index is 1.89. The van der Waals surface area contributed by atoms with E-state index >= 15 is 0 Å². The Bertz CT molecular complexity index is 626. The van der Waals surface area contributed by atoms with E-state index in [1.807, 2.05) is 37.3 Å². The van der Waals surface area contributed by atoms with Gasteiger partial charge in [0.15, 0.2) is 11.5 Å². The molecule has 0 radical (unpaired) electrons. The second-order valence-corrected chi connectivity index (χ2v) is 5.80. The molecule has 2 aromatic carbocycles. The van der Waals surface area contributed by atoms with Crippen molar-refractivity contribution in [1.82, 2.24) is 0 Å². The van der Waals surface area contributed by atoms with E-state index in [1.54, 1.807) is 0 Å². The Morgan fingerprint density at radius 3 is 2.00 bits per heavy atom. The molecule has 3 nitrogen and oxygen atoms in total. The Labute approximate surface area is 140 Å². The zero-order chi connectivity index (χ0) is 15.9. The monoisotopic (exact) mass is 364 g/mol. The van der Waals surface area contributed by atoms with Gasteiger partial charge in [-0.1, -0.05) is 12.1 Å². The van der Waals surface area contributed by atoms with Crippen LogP contribution in [0.25, 0.3) is 0 Å². The molecule has 0 aromatic heterocycles. The van der Waals surface area contributed by atoms with Crippen molar-refractivity contribution >= 4 is 15.9 Å². The van der Waals surface area contributed by atoms with Crippen molar-refractivity contribution in [3.05, 3.63) is 52.0 Å². The van der Waals surface area contributed by atoms with Crippen LogP contribution in [0.5, 0.6) is 17.2 Å². The summed E-state index contributed by atoms with van der Waals surface area (Å²) < 4.78 is 18.0. The summed E-state index contributed by atoms with van der Waals surface area (Å²) in [5.41, 5.74) is 2.45. The molecule has 0 spiro atoms. The topological polar surface area (TPSA) is 27.7 Å². The Kier molecular flexibility index (Phi) is 6.13. The molecule has 0 saturated carbocycles. The average molecular weight is 365 g/mol. The van der Waals surface area contributed by atoms with Gasteiger partial charge in [0.25, 0.3) is 0 Å². The molecular formula is C18H21BrO3. The summed E-state index contributed by atoms with van der Waals surface area (Å²) in [4.78, 5) is 0. The molecule has 0 aliphatic heterocycles. The SMILES string of the molecule is CCOc1ccccc1OCCOc1cc(C)c(C)cc1Br. The van der Waals surface area contributed by atoms with Crippen LogP contribution in [0.1, 0.15) is 18.1 Å². The van der Waals surface area contributed by atoms with Crippen LogP contribution in [0.2, 0.25) is 0 Å². The highest BCUT2D eigenvalue weighted by Crippen LogP contribution is 2.29. The number of rotatable bonds is 7. The van der Waals surface area contributed by atoms with Crippen LogP contribution >= 0.6 is 15.9 Å². The first-order chi connectivity index (χ1) is 10.6. The van der Waals surface area contributed by atoms with E-state index in [4.69, 9.17) is 14.2 Å². The lowest BCUT2D eigenvalue weighted by Gasteiger charge is -2.13. The second kappa shape index (κ2) is 8.08. The van der Waals surface area contributed by atoms with E-state index < -0.39 is 0 Å². The van der Waals surface area contributed by atoms with Crippen molar-refractivity contribution in [3.8, 4) is 17.2 Å². The molecule has 0 amide bonds. The van der Waals surface area contributed by atoms with E-state index in [9.17, 15) is 0 Å². The van der Waals surface area contributed by atoms with Gasteiger partial charge in [0.2, 0.25) is 0 Å². The van der Waals surface area contributed by atoms with Gasteiger partial charge in [-0.2, -0.15) is 0 Å². The fourth-order valence-electron chi connectivity index (χ4n) is 2.01. The van der Waals surface area contributed by atoms with Gasteiger partial charge in [-0.25, -0.2) is 0 Å². The number of hydrogen-bond donors (Lipinski definition) is 0. The maximum absolute atomic E-state index is 5.78.